The van der Waals surface area contributed by atoms with E-state index in [0.717, 1.165) is 16.9 Å². The van der Waals surface area contributed by atoms with Crippen LogP contribution in [-0.2, 0) is 9.53 Å². The molecule has 1 aromatic rings. The second-order valence-electron chi connectivity index (χ2n) is 6.66. The lowest BCUT2D eigenvalue weighted by Gasteiger charge is -2.44. The maximum absolute atomic E-state index is 12.6. The fourth-order valence-electron chi connectivity index (χ4n) is 3.59. The van der Waals surface area contributed by atoms with Gasteiger partial charge in [0.05, 0.1) is 12.0 Å². The second kappa shape index (κ2) is 5.96. The Bertz CT molecular complexity index is 645. The number of Topliss-reactive ketones (excluding diaryl/α,β-unsaturated/α-hetero) is 1. The van der Waals surface area contributed by atoms with Crippen LogP contribution in [0.4, 0.5) is 0 Å². The number of nitrogens with zero attached hydrogens (tertiary/aromatic N) is 1. The third kappa shape index (κ3) is 2.98. The summed E-state index contributed by atoms with van der Waals surface area (Å²) in [6, 6.07) is 3.96. The molecule has 5 nitrogen and oxygen atoms in total. The van der Waals surface area contributed by atoms with E-state index in [1.54, 1.807) is 4.90 Å². The third-order valence-corrected chi connectivity index (χ3v) is 4.82. The van der Waals surface area contributed by atoms with E-state index >= 15 is 0 Å². The van der Waals surface area contributed by atoms with Gasteiger partial charge in [-0.2, -0.15) is 0 Å². The molecule has 0 aromatic heterocycles. The van der Waals surface area contributed by atoms with Crippen LogP contribution < -0.4 is 4.74 Å². The molecule has 1 aromatic carbocycles. The minimum atomic E-state index is -0.464. The van der Waals surface area contributed by atoms with Crippen LogP contribution in [0.5, 0.6) is 5.75 Å². The van der Waals surface area contributed by atoms with Crippen molar-refractivity contribution in [3.63, 3.8) is 0 Å². The number of piperidine rings is 1. The van der Waals surface area contributed by atoms with Crippen molar-refractivity contribution in [3.8, 4) is 5.75 Å². The van der Waals surface area contributed by atoms with Gasteiger partial charge in [0, 0.05) is 33.0 Å². The van der Waals surface area contributed by atoms with E-state index in [1.165, 1.54) is 7.11 Å². The number of hydrogen-bond acceptors (Lipinski definition) is 4. The van der Waals surface area contributed by atoms with Crippen molar-refractivity contribution in [1.29, 1.82) is 0 Å². The van der Waals surface area contributed by atoms with Gasteiger partial charge in [0.15, 0.2) is 5.78 Å². The van der Waals surface area contributed by atoms with E-state index in [9.17, 15) is 9.59 Å². The van der Waals surface area contributed by atoms with Crippen LogP contribution in [0.3, 0.4) is 0 Å². The minimum Gasteiger partial charge on any atom is -0.486 e. The summed E-state index contributed by atoms with van der Waals surface area (Å²) in [6.07, 6.45) is 1.76. The predicted molar refractivity (Wildman–Crippen MR) is 85.9 cm³/mol. The number of carbonyl (C=O) groups excluding carboxylic acids is 2. The average Bonchev–Trinajstić information content (AvgIpc) is 2.50. The fourth-order valence-corrected chi connectivity index (χ4v) is 3.59. The lowest BCUT2D eigenvalue weighted by atomic mass is 9.81. The molecular weight excluding hydrogens is 294 g/mol. The Labute approximate surface area is 136 Å². The zero-order valence-corrected chi connectivity index (χ0v) is 14.0. The number of benzene rings is 1. The Morgan fingerprint density at radius 1 is 1.30 bits per heavy atom. The number of amides is 1. The van der Waals surface area contributed by atoms with Crippen LogP contribution in [0.25, 0.3) is 0 Å². The molecule has 23 heavy (non-hydrogen) atoms. The molecule has 2 aliphatic heterocycles. The summed E-state index contributed by atoms with van der Waals surface area (Å²) < 4.78 is 11.2. The standard InChI is InChI=1S/C18H23NO4/c1-12-8-13(2)17-14(9-12)15(20)10-18(23-17)4-6-19(7-5-18)16(21)11-22-3/h8-9H,4-7,10-11H2,1-3H3. The molecule has 1 spiro atoms. The number of ether oxygens (including phenoxy) is 2. The molecule has 0 radical (unpaired) electrons. The highest BCUT2D eigenvalue weighted by molar-refractivity contribution is 6.01. The first-order chi connectivity index (χ1) is 10.9. The van der Waals surface area contributed by atoms with Crippen LogP contribution in [0.1, 0.15) is 40.7 Å². The largest absolute Gasteiger partial charge is 0.486 e. The van der Waals surface area contributed by atoms with Crippen molar-refractivity contribution in [2.45, 2.75) is 38.7 Å². The Balaban J connectivity index is 1.79. The maximum atomic E-state index is 12.6. The molecule has 2 aliphatic rings. The number of ketones is 1. The van der Waals surface area contributed by atoms with Gasteiger partial charge in [0.2, 0.25) is 5.91 Å². The first kappa shape index (κ1) is 16.0. The average molecular weight is 317 g/mol. The molecule has 1 saturated heterocycles. The Kier molecular flexibility index (Phi) is 4.15. The molecule has 3 rings (SSSR count). The first-order valence-corrected chi connectivity index (χ1v) is 8.04. The lowest BCUT2D eigenvalue weighted by molar-refractivity contribution is -0.138. The molecule has 1 fully saturated rings. The van der Waals surface area contributed by atoms with E-state index in [1.807, 2.05) is 26.0 Å². The Morgan fingerprint density at radius 3 is 2.65 bits per heavy atom. The Morgan fingerprint density at radius 2 is 2.00 bits per heavy atom. The van der Waals surface area contributed by atoms with Gasteiger partial charge in [0.1, 0.15) is 18.0 Å². The van der Waals surface area contributed by atoms with Crippen LogP contribution in [-0.4, -0.2) is 49.0 Å². The first-order valence-electron chi connectivity index (χ1n) is 8.04. The van der Waals surface area contributed by atoms with Gasteiger partial charge in [-0.15, -0.1) is 0 Å². The smallest absolute Gasteiger partial charge is 0.248 e. The molecular formula is C18H23NO4. The summed E-state index contributed by atoms with van der Waals surface area (Å²) in [5.74, 6) is 0.870. The van der Waals surface area contributed by atoms with Crippen molar-refractivity contribution in [2.24, 2.45) is 0 Å². The molecule has 2 heterocycles. The van der Waals surface area contributed by atoms with Gasteiger partial charge < -0.3 is 14.4 Å². The van der Waals surface area contributed by atoms with Gasteiger partial charge in [-0.05, 0) is 31.0 Å². The summed E-state index contributed by atoms with van der Waals surface area (Å²) >= 11 is 0. The van der Waals surface area contributed by atoms with Gasteiger partial charge in [-0.25, -0.2) is 0 Å². The maximum Gasteiger partial charge on any atom is 0.248 e. The summed E-state index contributed by atoms with van der Waals surface area (Å²) in [4.78, 5) is 26.3. The van der Waals surface area contributed by atoms with Crippen molar-refractivity contribution in [1.82, 2.24) is 4.90 Å². The minimum absolute atomic E-state index is 0.00306. The quantitative estimate of drug-likeness (QED) is 0.840. The van der Waals surface area contributed by atoms with Gasteiger partial charge >= 0.3 is 0 Å². The number of aryl methyl sites for hydroxylation is 2. The molecule has 1 amide bonds. The number of likely N-dealkylation sites (tertiary alicyclic amines) is 1. The normalized spacial score (nSPS) is 19.4. The number of methoxy groups -OCH3 is 1. The van der Waals surface area contributed by atoms with Gasteiger partial charge in [-0.1, -0.05) is 6.07 Å². The third-order valence-electron chi connectivity index (χ3n) is 4.82. The molecule has 0 saturated carbocycles. The second-order valence-corrected chi connectivity index (χ2v) is 6.66. The zero-order valence-electron chi connectivity index (χ0n) is 14.0. The van der Waals surface area contributed by atoms with Gasteiger partial charge in [-0.3, -0.25) is 9.59 Å². The summed E-state index contributed by atoms with van der Waals surface area (Å²) in [7, 11) is 1.52. The molecule has 0 unspecified atom stereocenters. The highest BCUT2D eigenvalue weighted by Gasteiger charge is 2.44. The van der Waals surface area contributed by atoms with Crippen molar-refractivity contribution in [3.05, 3.63) is 28.8 Å². The SMILES string of the molecule is COCC(=O)N1CCC2(CC1)CC(=O)c1cc(C)cc(C)c1O2. The van der Waals surface area contributed by atoms with Crippen molar-refractivity contribution >= 4 is 11.7 Å². The van der Waals surface area contributed by atoms with Crippen LogP contribution in [0.2, 0.25) is 0 Å². The predicted octanol–water partition coefficient (Wildman–Crippen LogP) is 2.28. The summed E-state index contributed by atoms with van der Waals surface area (Å²) in [6.45, 7) is 5.29. The summed E-state index contributed by atoms with van der Waals surface area (Å²) in [5, 5.41) is 0. The van der Waals surface area contributed by atoms with Crippen LogP contribution in [0, 0.1) is 13.8 Å². The molecule has 0 aliphatic carbocycles. The summed E-state index contributed by atoms with van der Waals surface area (Å²) in [5.41, 5.74) is 2.32. The number of fused-ring (bicyclic) bond motifs is 1. The van der Waals surface area contributed by atoms with E-state index in [4.69, 9.17) is 9.47 Å². The molecule has 0 bridgehead atoms. The molecule has 0 atom stereocenters. The van der Waals surface area contributed by atoms with Crippen LogP contribution >= 0.6 is 0 Å². The van der Waals surface area contributed by atoms with Gasteiger partial charge in [0.25, 0.3) is 0 Å². The Hall–Kier alpha value is -1.88. The number of hydrogen-bond donors (Lipinski definition) is 0. The van der Waals surface area contributed by atoms with E-state index in [2.05, 4.69) is 0 Å². The van der Waals surface area contributed by atoms with E-state index < -0.39 is 5.60 Å². The highest BCUT2D eigenvalue weighted by atomic mass is 16.5. The van der Waals surface area contributed by atoms with Crippen LogP contribution in [0.15, 0.2) is 12.1 Å². The zero-order chi connectivity index (χ0) is 16.6. The fraction of sp³-hybridized carbons (Fsp3) is 0.556. The lowest BCUT2D eigenvalue weighted by Crippen LogP contribution is -2.52. The van der Waals surface area contributed by atoms with Crippen molar-refractivity contribution in [2.75, 3.05) is 26.8 Å². The number of carbonyl (C=O) groups is 2. The monoisotopic (exact) mass is 317 g/mol. The molecule has 5 heteroatoms. The number of rotatable bonds is 2. The molecule has 124 valence electrons. The highest BCUT2D eigenvalue weighted by Crippen LogP contribution is 2.41. The van der Waals surface area contributed by atoms with Crippen molar-refractivity contribution < 1.29 is 19.1 Å². The van der Waals surface area contributed by atoms with E-state index in [-0.39, 0.29) is 18.3 Å². The van der Waals surface area contributed by atoms with E-state index in [0.29, 0.717) is 37.9 Å². The topological polar surface area (TPSA) is 55.8 Å². The molecule has 0 N–H and O–H groups in total.